The summed E-state index contributed by atoms with van der Waals surface area (Å²) in [5.41, 5.74) is -0.487. The van der Waals surface area contributed by atoms with E-state index in [2.05, 4.69) is 5.32 Å². The fourth-order valence-electron chi connectivity index (χ4n) is 1.01. The van der Waals surface area contributed by atoms with Crippen LogP contribution < -0.4 is 5.32 Å². The Morgan fingerprint density at radius 1 is 1.50 bits per heavy atom. The van der Waals surface area contributed by atoms with E-state index in [0.29, 0.717) is 0 Å². The predicted molar refractivity (Wildman–Crippen MR) is 56.4 cm³/mol. The van der Waals surface area contributed by atoms with Crippen LogP contribution in [0.1, 0.15) is 20.8 Å². The minimum atomic E-state index is -0.600. The van der Waals surface area contributed by atoms with Gasteiger partial charge in [0.1, 0.15) is 5.60 Å². The van der Waals surface area contributed by atoms with Crippen LogP contribution in [0, 0.1) is 0 Å². The molecule has 14 heavy (non-hydrogen) atoms. The molecule has 0 saturated carbocycles. The van der Waals surface area contributed by atoms with Gasteiger partial charge in [-0.05, 0) is 20.8 Å². The summed E-state index contributed by atoms with van der Waals surface area (Å²) in [7, 11) is 0. The number of carbonyl (C=O) groups is 1. The molecule has 1 fully saturated rings. The first-order valence-electron chi connectivity index (χ1n) is 4.68. The van der Waals surface area contributed by atoms with Crippen LogP contribution in [0.25, 0.3) is 0 Å². The zero-order valence-corrected chi connectivity index (χ0v) is 9.65. The fraction of sp³-hybridized carbons (Fsp3) is 0.889. The molecule has 1 aliphatic heterocycles. The van der Waals surface area contributed by atoms with Crippen molar-refractivity contribution in [3.8, 4) is 0 Å². The van der Waals surface area contributed by atoms with E-state index in [1.165, 1.54) is 0 Å². The van der Waals surface area contributed by atoms with Gasteiger partial charge in [0.15, 0.2) is 6.23 Å². The molecule has 1 heterocycles. The minimum absolute atomic E-state index is 0.205. The smallest absolute Gasteiger partial charge is 0.429 e. The van der Waals surface area contributed by atoms with Crippen LogP contribution in [0.4, 0.5) is 4.79 Å². The molecule has 0 spiro atoms. The Hall–Kier alpha value is -0.420. The van der Waals surface area contributed by atoms with Gasteiger partial charge in [0.05, 0.1) is 0 Å². The van der Waals surface area contributed by atoms with Crippen LogP contribution in [-0.4, -0.2) is 36.0 Å². The SMILES string of the molecule is CC(C)(C)OC(=O)OC1CSCCN1. The molecular weight excluding hydrogens is 202 g/mol. The molecule has 1 aliphatic rings. The summed E-state index contributed by atoms with van der Waals surface area (Å²) in [4.78, 5) is 11.2. The van der Waals surface area contributed by atoms with Crippen LogP contribution in [0.15, 0.2) is 0 Å². The van der Waals surface area contributed by atoms with Crippen molar-refractivity contribution in [2.75, 3.05) is 18.1 Å². The maximum absolute atomic E-state index is 11.2. The van der Waals surface area contributed by atoms with Gasteiger partial charge in [-0.1, -0.05) is 0 Å². The molecular formula is C9H17NO3S. The van der Waals surface area contributed by atoms with E-state index in [0.717, 1.165) is 18.1 Å². The minimum Gasteiger partial charge on any atom is -0.429 e. The van der Waals surface area contributed by atoms with Crippen molar-refractivity contribution in [1.82, 2.24) is 5.32 Å². The number of hydrogen-bond acceptors (Lipinski definition) is 5. The van der Waals surface area contributed by atoms with Gasteiger partial charge < -0.3 is 9.47 Å². The lowest BCUT2D eigenvalue weighted by atomic mass is 10.2. The van der Waals surface area contributed by atoms with Crippen molar-refractivity contribution in [2.24, 2.45) is 0 Å². The number of thioether (sulfide) groups is 1. The summed E-state index contributed by atoms with van der Waals surface area (Å²) < 4.78 is 10.1. The molecule has 1 saturated heterocycles. The molecule has 0 bridgehead atoms. The third-order valence-corrected chi connectivity index (χ3v) is 2.55. The van der Waals surface area contributed by atoms with Crippen LogP contribution in [0.2, 0.25) is 0 Å². The van der Waals surface area contributed by atoms with Gasteiger partial charge in [0.25, 0.3) is 0 Å². The van der Waals surface area contributed by atoms with E-state index >= 15 is 0 Å². The molecule has 1 atom stereocenters. The summed E-state index contributed by atoms with van der Waals surface area (Å²) in [6, 6.07) is 0. The monoisotopic (exact) mass is 219 g/mol. The van der Waals surface area contributed by atoms with Gasteiger partial charge in [-0.15, -0.1) is 0 Å². The van der Waals surface area contributed by atoms with E-state index in [-0.39, 0.29) is 6.23 Å². The third-order valence-electron chi connectivity index (χ3n) is 1.52. The lowest BCUT2D eigenvalue weighted by Gasteiger charge is -2.25. The zero-order valence-electron chi connectivity index (χ0n) is 8.83. The molecule has 0 aromatic carbocycles. The van der Waals surface area contributed by atoms with E-state index in [1.807, 2.05) is 20.8 Å². The van der Waals surface area contributed by atoms with Gasteiger partial charge >= 0.3 is 6.16 Å². The molecule has 1 N–H and O–H groups in total. The summed E-state index contributed by atoms with van der Waals surface area (Å²) in [5, 5.41) is 3.09. The number of nitrogens with one attached hydrogen (secondary N) is 1. The Bertz CT molecular complexity index is 197. The van der Waals surface area contributed by atoms with E-state index in [4.69, 9.17) is 9.47 Å². The molecule has 82 valence electrons. The Morgan fingerprint density at radius 3 is 2.71 bits per heavy atom. The summed E-state index contributed by atoms with van der Waals surface area (Å²) in [6.45, 7) is 6.32. The second kappa shape index (κ2) is 4.89. The second-order valence-electron chi connectivity index (χ2n) is 4.10. The fourth-order valence-corrected chi connectivity index (χ4v) is 1.84. The lowest BCUT2D eigenvalue weighted by Crippen LogP contribution is -2.41. The summed E-state index contributed by atoms with van der Waals surface area (Å²) in [5.74, 6) is 1.85. The van der Waals surface area contributed by atoms with Crippen LogP contribution >= 0.6 is 11.8 Å². The molecule has 0 amide bonds. The maximum Gasteiger partial charge on any atom is 0.510 e. The average molecular weight is 219 g/mol. The number of carbonyl (C=O) groups excluding carboxylic acids is 1. The van der Waals surface area contributed by atoms with Gasteiger partial charge in [-0.2, -0.15) is 11.8 Å². The molecule has 0 aliphatic carbocycles. The molecule has 5 heteroatoms. The van der Waals surface area contributed by atoms with Gasteiger partial charge in [0, 0.05) is 18.1 Å². The Labute approximate surface area is 88.7 Å². The highest BCUT2D eigenvalue weighted by molar-refractivity contribution is 7.99. The van der Waals surface area contributed by atoms with Crippen molar-refractivity contribution in [1.29, 1.82) is 0 Å². The van der Waals surface area contributed by atoms with Crippen molar-refractivity contribution in [2.45, 2.75) is 32.6 Å². The van der Waals surface area contributed by atoms with Gasteiger partial charge in [0.2, 0.25) is 0 Å². The summed E-state index contributed by atoms with van der Waals surface area (Å²) >= 11 is 1.77. The second-order valence-corrected chi connectivity index (χ2v) is 5.25. The van der Waals surface area contributed by atoms with E-state index in [1.54, 1.807) is 11.8 Å². The van der Waals surface area contributed by atoms with E-state index < -0.39 is 11.8 Å². The van der Waals surface area contributed by atoms with Gasteiger partial charge in [-0.3, -0.25) is 5.32 Å². The average Bonchev–Trinajstić information content (AvgIpc) is 2.02. The number of rotatable bonds is 1. The number of hydrogen-bond donors (Lipinski definition) is 1. The highest BCUT2D eigenvalue weighted by Crippen LogP contribution is 2.12. The zero-order chi connectivity index (χ0) is 10.6. The first kappa shape index (κ1) is 11.7. The topological polar surface area (TPSA) is 47.6 Å². The largest absolute Gasteiger partial charge is 0.510 e. The Morgan fingerprint density at radius 2 is 2.21 bits per heavy atom. The Balaban J connectivity index is 2.25. The molecule has 0 aromatic heterocycles. The normalized spacial score (nSPS) is 22.9. The van der Waals surface area contributed by atoms with Crippen molar-refractivity contribution >= 4 is 17.9 Å². The standard InChI is InChI=1S/C9H17NO3S/c1-9(2,3)13-8(11)12-7-6-14-5-4-10-7/h7,10H,4-6H2,1-3H3. The van der Waals surface area contributed by atoms with Gasteiger partial charge in [-0.25, -0.2) is 4.79 Å². The van der Waals surface area contributed by atoms with Crippen molar-refractivity contribution in [3.05, 3.63) is 0 Å². The van der Waals surface area contributed by atoms with Crippen molar-refractivity contribution < 1.29 is 14.3 Å². The van der Waals surface area contributed by atoms with Crippen LogP contribution in [0.3, 0.4) is 0 Å². The Kier molecular flexibility index (Phi) is 4.07. The van der Waals surface area contributed by atoms with Crippen LogP contribution in [-0.2, 0) is 9.47 Å². The highest BCUT2D eigenvalue weighted by Gasteiger charge is 2.22. The first-order chi connectivity index (χ1) is 6.47. The molecule has 0 aromatic rings. The van der Waals surface area contributed by atoms with E-state index in [9.17, 15) is 4.79 Å². The van der Waals surface area contributed by atoms with Crippen LogP contribution in [0.5, 0.6) is 0 Å². The highest BCUT2D eigenvalue weighted by atomic mass is 32.2. The third kappa shape index (κ3) is 4.72. The molecule has 4 nitrogen and oxygen atoms in total. The molecule has 0 radical (unpaired) electrons. The number of ether oxygens (including phenoxy) is 2. The van der Waals surface area contributed by atoms with Crippen molar-refractivity contribution in [3.63, 3.8) is 0 Å². The maximum atomic E-state index is 11.2. The predicted octanol–water partition coefficient (Wildman–Crippen LogP) is 1.60. The molecule has 1 rings (SSSR count). The lowest BCUT2D eigenvalue weighted by molar-refractivity contribution is -0.0286. The molecule has 1 unspecified atom stereocenters. The first-order valence-corrected chi connectivity index (χ1v) is 5.83. The quantitative estimate of drug-likeness (QED) is 0.679. The summed E-state index contributed by atoms with van der Waals surface area (Å²) in [6.07, 6.45) is -0.805.